The van der Waals surface area contributed by atoms with E-state index in [9.17, 15) is 18.7 Å². The number of allylic oxidation sites excluding steroid dienone is 3. The van der Waals surface area contributed by atoms with Crippen LogP contribution in [0.1, 0.15) is 58.3 Å². The van der Waals surface area contributed by atoms with Gasteiger partial charge < -0.3 is 9.84 Å². The normalized spacial score (nSPS) is 30.2. The summed E-state index contributed by atoms with van der Waals surface area (Å²) in [6.07, 6.45) is 8.30. The van der Waals surface area contributed by atoms with Crippen LogP contribution in [0.2, 0.25) is 0 Å². The van der Waals surface area contributed by atoms with Gasteiger partial charge in [-0.15, -0.1) is 0 Å². The molecular formula is C19H28F2O3. The lowest BCUT2D eigenvalue weighted by atomic mass is 9.65. The summed E-state index contributed by atoms with van der Waals surface area (Å²) < 4.78 is 31.2. The molecule has 24 heavy (non-hydrogen) atoms. The fraction of sp³-hybridized carbons (Fsp3) is 0.737. The van der Waals surface area contributed by atoms with Crippen LogP contribution in [0.25, 0.3) is 0 Å². The van der Waals surface area contributed by atoms with Gasteiger partial charge >= 0.3 is 5.97 Å². The molecule has 1 atom stereocenters. The molecule has 0 saturated heterocycles. The maximum atomic E-state index is 12.8. The van der Waals surface area contributed by atoms with Crippen molar-refractivity contribution < 1.29 is 23.4 Å². The molecule has 1 unspecified atom stereocenters. The van der Waals surface area contributed by atoms with E-state index in [1.54, 1.807) is 0 Å². The van der Waals surface area contributed by atoms with Crippen LogP contribution < -0.4 is 0 Å². The van der Waals surface area contributed by atoms with Crippen molar-refractivity contribution in [3.63, 3.8) is 0 Å². The van der Waals surface area contributed by atoms with Crippen LogP contribution in [-0.4, -0.2) is 24.1 Å². The number of aliphatic carboxylic acids is 1. The molecule has 0 bridgehead atoms. The summed E-state index contributed by atoms with van der Waals surface area (Å²) in [5, 5.41) is 9.40. The second-order valence-corrected chi connectivity index (χ2v) is 7.09. The Kier molecular flexibility index (Phi) is 6.81. The van der Waals surface area contributed by atoms with E-state index < -0.39 is 24.2 Å². The predicted octanol–water partition coefficient (Wildman–Crippen LogP) is 5.18. The molecular weight excluding hydrogens is 314 g/mol. The van der Waals surface area contributed by atoms with Crippen LogP contribution in [0.5, 0.6) is 0 Å². The van der Waals surface area contributed by atoms with E-state index in [1.807, 2.05) is 6.08 Å². The Morgan fingerprint density at radius 3 is 2.62 bits per heavy atom. The van der Waals surface area contributed by atoms with E-state index in [0.717, 1.165) is 31.6 Å². The van der Waals surface area contributed by atoms with Gasteiger partial charge in [-0.25, -0.2) is 8.78 Å². The maximum absolute atomic E-state index is 12.8. The van der Waals surface area contributed by atoms with Gasteiger partial charge in [-0.3, -0.25) is 4.79 Å². The van der Waals surface area contributed by atoms with E-state index in [0.29, 0.717) is 37.5 Å². The third-order valence-corrected chi connectivity index (χ3v) is 5.46. The molecule has 0 spiro atoms. The molecule has 0 aromatic heterocycles. The summed E-state index contributed by atoms with van der Waals surface area (Å²) in [6, 6.07) is 0. The molecule has 0 aromatic carbocycles. The SMILES string of the molecule is CCCCOC1=CCC(C2CCC(CC(F)F)(C(=O)O)CC2)C=C1. The quantitative estimate of drug-likeness (QED) is 0.618. The molecule has 1 N–H and O–H groups in total. The van der Waals surface area contributed by atoms with E-state index >= 15 is 0 Å². The minimum absolute atomic E-state index is 0.352. The second kappa shape index (κ2) is 8.63. The van der Waals surface area contributed by atoms with Gasteiger partial charge in [-0.1, -0.05) is 19.4 Å². The standard InChI is InChI=1S/C19H28F2O3/c1-2-3-12-24-16-6-4-14(5-7-16)15-8-10-19(11-9-15,18(22)23)13-17(20)21/h4,6-7,14-15,17H,2-3,5,8-13H2,1H3,(H,22,23). The number of alkyl halides is 2. The summed E-state index contributed by atoms with van der Waals surface area (Å²) in [7, 11) is 0. The largest absolute Gasteiger partial charge is 0.494 e. The van der Waals surface area contributed by atoms with Crippen LogP contribution in [-0.2, 0) is 9.53 Å². The van der Waals surface area contributed by atoms with Crippen molar-refractivity contribution in [1.29, 1.82) is 0 Å². The van der Waals surface area contributed by atoms with Crippen LogP contribution in [0.15, 0.2) is 24.0 Å². The highest BCUT2D eigenvalue weighted by atomic mass is 19.3. The van der Waals surface area contributed by atoms with Crippen LogP contribution in [0.4, 0.5) is 8.78 Å². The van der Waals surface area contributed by atoms with Gasteiger partial charge in [0.25, 0.3) is 0 Å². The number of carboxylic acids is 1. The Labute approximate surface area is 142 Å². The Balaban J connectivity index is 1.85. The topological polar surface area (TPSA) is 46.5 Å². The average molecular weight is 342 g/mol. The zero-order valence-electron chi connectivity index (χ0n) is 14.3. The van der Waals surface area contributed by atoms with Gasteiger partial charge in [0.15, 0.2) is 0 Å². The minimum Gasteiger partial charge on any atom is -0.494 e. The summed E-state index contributed by atoms with van der Waals surface area (Å²) in [6.45, 7) is 2.86. The smallest absolute Gasteiger partial charge is 0.309 e. The summed E-state index contributed by atoms with van der Waals surface area (Å²) >= 11 is 0. The van der Waals surface area contributed by atoms with E-state index in [1.165, 1.54) is 0 Å². The van der Waals surface area contributed by atoms with Crippen molar-refractivity contribution in [2.75, 3.05) is 6.61 Å². The van der Waals surface area contributed by atoms with Crippen LogP contribution in [0, 0.1) is 17.3 Å². The van der Waals surface area contributed by atoms with Gasteiger partial charge in [0, 0.05) is 6.42 Å². The number of halogens is 2. The van der Waals surface area contributed by atoms with Crippen molar-refractivity contribution in [1.82, 2.24) is 0 Å². The lowest BCUT2D eigenvalue weighted by Crippen LogP contribution is -2.38. The van der Waals surface area contributed by atoms with Crippen molar-refractivity contribution in [2.45, 2.75) is 64.7 Å². The molecule has 0 aromatic rings. The first-order valence-electron chi connectivity index (χ1n) is 8.99. The second-order valence-electron chi connectivity index (χ2n) is 7.09. The van der Waals surface area contributed by atoms with E-state index in [2.05, 4.69) is 19.1 Å². The van der Waals surface area contributed by atoms with Crippen molar-refractivity contribution in [3.05, 3.63) is 24.0 Å². The van der Waals surface area contributed by atoms with Gasteiger partial charge in [0.05, 0.1) is 12.0 Å². The van der Waals surface area contributed by atoms with Crippen LogP contribution in [0.3, 0.4) is 0 Å². The molecule has 136 valence electrons. The molecule has 0 amide bonds. The Morgan fingerprint density at radius 2 is 2.12 bits per heavy atom. The predicted molar refractivity (Wildman–Crippen MR) is 88.8 cm³/mol. The number of ether oxygens (including phenoxy) is 1. The number of carbonyl (C=O) groups is 1. The zero-order chi connectivity index (χ0) is 17.6. The number of hydrogen-bond donors (Lipinski definition) is 1. The Morgan fingerprint density at radius 1 is 1.42 bits per heavy atom. The highest BCUT2D eigenvalue weighted by molar-refractivity contribution is 5.74. The molecule has 0 radical (unpaired) electrons. The van der Waals surface area contributed by atoms with Crippen molar-refractivity contribution >= 4 is 5.97 Å². The number of carboxylic acid groups (broad SMARTS) is 1. The number of unbranched alkanes of at least 4 members (excludes halogenated alkanes) is 1. The first kappa shape index (κ1) is 18.9. The minimum atomic E-state index is -2.56. The van der Waals surface area contributed by atoms with Crippen LogP contribution >= 0.6 is 0 Å². The molecule has 0 heterocycles. The Hall–Kier alpha value is -1.39. The molecule has 3 nitrogen and oxygen atoms in total. The number of rotatable bonds is 8. The van der Waals surface area contributed by atoms with Gasteiger partial charge in [0.1, 0.15) is 5.76 Å². The van der Waals surface area contributed by atoms with Crippen molar-refractivity contribution in [2.24, 2.45) is 17.3 Å². The third kappa shape index (κ3) is 4.81. The first-order valence-corrected chi connectivity index (χ1v) is 8.99. The van der Waals surface area contributed by atoms with E-state index in [4.69, 9.17) is 4.74 Å². The summed E-state index contributed by atoms with van der Waals surface area (Å²) in [5.74, 6) is 0.585. The monoisotopic (exact) mass is 342 g/mol. The molecule has 2 rings (SSSR count). The fourth-order valence-corrected chi connectivity index (χ4v) is 3.83. The summed E-state index contributed by atoms with van der Waals surface area (Å²) in [5.41, 5.74) is -1.23. The maximum Gasteiger partial charge on any atom is 0.309 e. The van der Waals surface area contributed by atoms with Gasteiger partial charge in [-0.05, 0) is 62.5 Å². The third-order valence-electron chi connectivity index (χ3n) is 5.46. The summed E-state index contributed by atoms with van der Waals surface area (Å²) in [4.78, 5) is 11.5. The molecule has 1 fully saturated rings. The molecule has 2 aliphatic carbocycles. The first-order chi connectivity index (χ1) is 11.5. The molecule has 1 saturated carbocycles. The average Bonchev–Trinajstić information content (AvgIpc) is 2.56. The highest BCUT2D eigenvalue weighted by Gasteiger charge is 2.44. The van der Waals surface area contributed by atoms with Crippen molar-refractivity contribution in [3.8, 4) is 0 Å². The van der Waals surface area contributed by atoms with E-state index in [-0.39, 0.29) is 0 Å². The lowest BCUT2D eigenvalue weighted by molar-refractivity contribution is -0.155. The number of hydrogen-bond acceptors (Lipinski definition) is 2. The molecule has 5 heteroatoms. The Bertz CT molecular complexity index is 477. The van der Waals surface area contributed by atoms with Gasteiger partial charge in [0.2, 0.25) is 6.43 Å². The molecule has 0 aliphatic heterocycles. The zero-order valence-corrected chi connectivity index (χ0v) is 14.3. The molecule has 2 aliphatic rings. The highest BCUT2D eigenvalue weighted by Crippen LogP contribution is 2.46. The van der Waals surface area contributed by atoms with Gasteiger partial charge in [-0.2, -0.15) is 0 Å². The fourth-order valence-electron chi connectivity index (χ4n) is 3.83. The lowest BCUT2D eigenvalue weighted by Gasteiger charge is -2.39.